The van der Waals surface area contributed by atoms with Crippen LogP contribution in [0.1, 0.15) is 32.0 Å². The second-order valence-electron chi connectivity index (χ2n) is 5.31. The van der Waals surface area contributed by atoms with Crippen molar-refractivity contribution in [3.63, 3.8) is 0 Å². The van der Waals surface area contributed by atoms with Crippen molar-refractivity contribution in [1.29, 1.82) is 0 Å². The molecule has 0 unspecified atom stereocenters. The maximum Gasteiger partial charge on any atom is 0.274 e. The molecule has 6 nitrogen and oxygen atoms in total. The second kappa shape index (κ2) is 5.17. The van der Waals surface area contributed by atoms with Crippen LogP contribution in [0.5, 0.6) is 0 Å². The zero-order valence-electron chi connectivity index (χ0n) is 11.3. The summed E-state index contributed by atoms with van der Waals surface area (Å²) in [4.78, 5) is 18.5. The number of rotatable bonds is 3. The van der Waals surface area contributed by atoms with Crippen molar-refractivity contribution < 1.29 is 0 Å². The molecule has 0 spiro atoms. The van der Waals surface area contributed by atoms with E-state index in [0.29, 0.717) is 18.2 Å². The van der Waals surface area contributed by atoms with E-state index in [2.05, 4.69) is 25.5 Å². The predicted octanol–water partition coefficient (Wildman–Crippen LogP) is 1.47. The first-order valence-corrected chi connectivity index (χ1v) is 6.07. The predicted molar refractivity (Wildman–Crippen MR) is 72.9 cm³/mol. The summed E-state index contributed by atoms with van der Waals surface area (Å²) < 4.78 is 0. The summed E-state index contributed by atoms with van der Waals surface area (Å²) in [7, 11) is 0. The molecule has 0 aromatic carbocycles. The molecular weight excluding hydrogens is 242 g/mol. The Morgan fingerprint density at radius 2 is 1.89 bits per heavy atom. The van der Waals surface area contributed by atoms with Gasteiger partial charge in [0.05, 0.1) is 0 Å². The van der Waals surface area contributed by atoms with E-state index >= 15 is 0 Å². The first kappa shape index (κ1) is 13.2. The van der Waals surface area contributed by atoms with Gasteiger partial charge in [-0.05, 0) is 17.7 Å². The van der Waals surface area contributed by atoms with Gasteiger partial charge in [-0.1, -0.05) is 20.8 Å². The van der Waals surface area contributed by atoms with Gasteiger partial charge in [0.1, 0.15) is 5.69 Å². The molecule has 0 saturated carbocycles. The smallest absolute Gasteiger partial charge is 0.274 e. The molecule has 100 valence electrons. The zero-order chi connectivity index (χ0) is 13.9. The van der Waals surface area contributed by atoms with E-state index in [1.165, 1.54) is 0 Å². The highest BCUT2D eigenvalue weighted by molar-refractivity contribution is 5.25. The average Bonchev–Trinajstić information content (AvgIpc) is 2.36. The molecule has 0 fully saturated rings. The zero-order valence-corrected chi connectivity index (χ0v) is 11.3. The van der Waals surface area contributed by atoms with Gasteiger partial charge in [-0.3, -0.25) is 14.8 Å². The minimum absolute atomic E-state index is 0.209. The van der Waals surface area contributed by atoms with E-state index in [9.17, 15) is 4.79 Å². The van der Waals surface area contributed by atoms with Crippen LogP contribution >= 0.6 is 0 Å². The Kier molecular flexibility index (Phi) is 3.59. The van der Waals surface area contributed by atoms with Gasteiger partial charge in [-0.15, -0.1) is 10.2 Å². The van der Waals surface area contributed by atoms with Crippen molar-refractivity contribution >= 4 is 5.95 Å². The Labute approximate surface area is 111 Å². The van der Waals surface area contributed by atoms with E-state index in [1.807, 2.05) is 32.9 Å². The van der Waals surface area contributed by atoms with Crippen LogP contribution in [0.4, 0.5) is 5.95 Å². The molecule has 19 heavy (non-hydrogen) atoms. The highest BCUT2D eigenvalue weighted by Gasteiger charge is 2.20. The summed E-state index contributed by atoms with van der Waals surface area (Å²) in [5.74, 6) is 0.370. The van der Waals surface area contributed by atoms with Crippen LogP contribution in [0.15, 0.2) is 29.3 Å². The van der Waals surface area contributed by atoms with Gasteiger partial charge in [-0.2, -0.15) is 0 Å². The van der Waals surface area contributed by atoms with E-state index in [0.717, 1.165) is 5.56 Å². The first-order chi connectivity index (χ1) is 8.97. The molecule has 0 aliphatic carbocycles. The van der Waals surface area contributed by atoms with Crippen LogP contribution in [0.2, 0.25) is 0 Å². The average molecular weight is 259 g/mol. The SMILES string of the molecule is CC(C)(C)c1nnc(NCc2ccncc2)[nH]c1=O. The second-order valence-corrected chi connectivity index (χ2v) is 5.31. The minimum atomic E-state index is -0.315. The van der Waals surface area contributed by atoms with E-state index in [1.54, 1.807) is 12.4 Å². The van der Waals surface area contributed by atoms with Gasteiger partial charge in [0.2, 0.25) is 5.95 Å². The van der Waals surface area contributed by atoms with Crippen LogP contribution < -0.4 is 10.9 Å². The Hall–Kier alpha value is -2.24. The first-order valence-electron chi connectivity index (χ1n) is 6.07. The third-order valence-electron chi connectivity index (χ3n) is 2.62. The summed E-state index contributed by atoms with van der Waals surface area (Å²) >= 11 is 0. The molecule has 0 aliphatic rings. The van der Waals surface area contributed by atoms with Crippen LogP contribution in [0, 0.1) is 0 Å². The highest BCUT2D eigenvalue weighted by Crippen LogP contribution is 2.15. The number of hydrogen-bond acceptors (Lipinski definition) is 5. The lowest BCUT2D eigenvalue weighted by molar-refractivity contribution is 0.547. The van der Waals surface area contributed by atoms with Gasteiger partial charge in [-0.25, -0.2) is 0 Å². The van der Waals surface area contributed by atoms with Crippen molar-refractivity contribution in [3.8, 4) is 0 Å². The van der Waals surface area contributed by atoms with Gasteiger partial charge in [0.15, 0.2) is 0 Å². The fourth-order valence-electron chi connectivity index (χ4n) is 1.59. The minimum Gasteiger partial charge on any atom is -0.350 e. The quantitative estimate of drug-likeness (QED) is 0.872. The molecule has 2 N–H and O–H groups in total. The molecule has 6 heteroatoms. The summed E-state index contributed by atoms with van der Waals surface area (Å²) in [5.41, 5.74) is 0.962. The maximum atomic E-state index is 11.9. The lowest BCUT2D eigenvalue weighted by Gasteiger charge is -2.15. The summed E-state index contributed by atoms with van der Waals surface area (Å²) in [6.07, 6.45) is 3.43. The van der Waals surface area contributed by atoms with Gasteiger partial charge < -0.3 is 5.32 Å². The molecule has 0 radical (unpaired) electrons. The number of pyridine rings is 1. The van der Waals surface area contributed by atoms with E-state index < -0.39 is 0 Å². The molecule has 0 atom stereocenters. The highest BCUT2D eigenvalue weighted by atomic mass is 16.1. The molecule has 2 aromatic heterocycles. The number of aromatic amines is 1. The van der Waals surface area contributed by atoms with E-state index in [-0.39, 0.29) is 11.0 Å². The van der Waals surface area contributed by atoms with Crippen molar-refractivity contribution in [1.82, 2.24) is 20.2 Å². The Balaban J connectivity index is 2.11. The number of H-pyrrole nitrogens is 1. The third kappa shape index (κ3) is 3.37. The fraction of sp³-hybridized carbons (Fsp3) is 0.385. The molecule has 0 saturated heterocycles. The molecule has 2 aromatic rings. The maximum absolute atomic E-state index is 11.9. The lowest BCUT2D eigenvalue weighted by Crippen LogP contribution is -2.28. The number of anilines is 1. The van der Waals surface area contributed by atoms with Gasteiger partial charge in [0.25, 0.3) is 5.56 Å². The van der Waals surface area contributed by atoms with Crippen molar-refractivity contribution in [2.45, 2.75) is 32.7 Å². The molecular formula is C13H17N5O. The summed E-state index contributed by atoms with van der Waals surface area (Å²) in [6.45, 7) is 6.34. The Morgan fingerprint density at radius 3 is 2.47 bits per heavy atom. The number of aromatic nitrogens is 4. The standard InChI is InChI=1S/C13H17N5O/c1-13(2,3)10-11(19)16-12(18-17-10)15-8-9-4-6-14-7-5-9/h4-7H,8H2,1-3H3,(H2,15,16,18,19). The third-order valence-corrected chi connectivity index (χ3v) is 2.62. The lowest BCUT2D eigenvalue weighted by atomic mass is 9.93. The van der Waals surface area contributed by atoms with Crippen molar-refractivity contribution in [2.24, 2.45) is 0 Å². The normalized spacial score (nSPS) is 11.3. The molecule has 2 heterocycles. The molecule has 2 rings (SSSR count). The van der Waals surface area contributed by atoms with Gasteiger partial charge in [0, 0.05) is 24.4 Å². The van der Waals surface area contributed by atoms with Crippen LogP contribution in [0.3, 0.4) is 0 Å². The van der Waals surface area contributed by atoms with Crippen molar-refractivity contribution in [2.75, 3.05) is 5.32 Å². The number of hydrogen-bond donors (Lipinski definition) is 2. The Morgan fingerprint density at radius 1 is 1.21 bits per heavy atom. The van der Waals surface area contributed by atoms with Crippen LogP contribution in [0.25, 0.3) is 0 Å². The largest absolute Gasteiger partial charge is 0.350 e. The summed E-state index contributed by atoms with van der Waals surface area (Å²) in [6, 6.07) is 3.78. The molecule has 0 aliphatic heterocycles. The monoisotopic (exact) mass is 259 g/mol. The molecule has 0 amide bonds. The van der Waals surface area contributed by atoms with Crippen LogP contribution in [-0.4, -0.2) is 20.2 Å². The van der Waals surface area contributed by atoms with Crippen molar-refractivity contribution in [3.05, 3.63) is 46.1 Å². The molecule has 0 bridgehead atoms. The van der Waals surface area contributed by atoms with Crippen LogP contribution in [-0.2, 0) is 12.0 Å². The fourth-order valence-corrected chi connectivity index (χ4v) is 1.59. The number of nitrogens with zero attached hydrogens (tertiary/aromatic N) is 3. The Bertz CT molecular complexity index is 600. The topological polar surface area (TPSA) is 83.6 Å². The van der Waals surface area contributed by atoms with E-state index in [4.69, 9.17) is 0 Å². The summed E-state index contributed by atoms with van der Waals surface area (Å²) in [5, 5.41) is 11.0. The number of nitrogens with one attached hydrogen (secondary N) is 2. The van der Waals surface area contributed by atoms with Gasteiger partial charge >= 0.3 is 0 Å².